The Balaban J connectivity index is 1.30. The first-order valence-corrected chi connectivity index (χ1v) is 7.32. The molecule has 0 N–H and O–H groups in total. The summed E-state index contributed by atoms with van der Waals surface area (Å²) in [6, 6.07) is 0. The minimum atomic E-state index is -0.249. The van der Waals surface area contributed by atoms with E-state index in [2.05, 4.69) is 0 Å². The third-order valence-electron chi connectivity index (χ3n) is 4.98. The first-order valence-electron chi connectivity index (χ1n) is 7.32. The summed E-state index contributed by atoms with van der Waals surface area (Å²) in [6.45, 7) is 0. The molecule has 4 aliphatic rings. The maximum atomic E-state index is 12.1. The van der Waals surface area contributed by atoms with Gasteiger partial charge in [-0.1, -0.05) is 12.8 Å². The number of fused-ring (bicyclic) bond motifs is 2. The number of esters is 1. The van der Waals surface area contributed by atoms with Crippen LogP contribution in [-0.2, 0) is 19.0 Å². The molecule has 6 atom stereocenters. The molecule has 18 heavy (non-hydrogen) atoms. The topological polar surface area (TPSA) is 48.1 Å². The molecule has 0 aromatic heterocycles. The zero-order valence-electron chi connectivity index (χ0n) is 10.5. The van der Waals surface area contributed by atoms with Gasteiger partial charge in [0.2, 0.25) is 6.29 Å². The van der Waals surface area contributed by atoms with Crippen LogP contribution in [0, 0.1) is 11.8 Å². The summed E-state index contributed by atoms with van der Waals surface area (Å²) in [6.07, 6.45) is 8.47. The zero-order chi connectivity index (χ0) is 12.1. The molecule has 2 aliphatic heterocycles. The van der Waals surface area contributed by atoms with Gasteiger partial charge in [0.15, 0.2) is 0 Å². The lowest BCUT2D eigenvalue weighted by atomic mass is 9.82. The summed E-state index contributed by atoms with van der Waals surface area (Å²) in [5.74, 6) is 0.453. The fourth-order valence-corrected chi connectivity index (χ4v) is 3.73. The van der Waals surface area contributed by atoms with Gasteiger partial charge < -0.3 is 14.2 Å². The highest BCUT2D eigenvalue weighted by atomic mass is 16.7. The number of ether oxygens (including phenoxy) is 3. The predicted molar refractivity (Wildman–Crippen MR) is 62.7 cm³/mol. The molecule has 6 unspecified atom stereocenters. The Morgan fingerprint density at radius 1 is 0.944 bits per heavy atom. The molecule has 0 amide bonds. The molecule has 100 valence electrons. The fourth-order valence-electron chi connectivity index (χ4n) is 3.73. The molecule has 2 aliphatic carbocycles. The van der Waals surface area contributed by atoms with Crippen molar-refractivity contribution in [3.63, 3.8) is 0 Å². The number of hydrogen-bond donors (Lipinski definition) is 0. The lowest BCUT2D eigenvalue weighted by Crippen LogP contribution is -2.53. The smallest absolute Gasteiger partial charge is 0.311 e. The third-order valence-corrected chi connectivity index (χ3v) is 4.98. The van der Waals surface area contributed by atoms with E-state index < -0.39 is 0 Å². The van der Waals surface area contributed by atoms with Gasteiger partial charge in [-0.2, -0.15) is 0 Å². The average Bonchev–Trinajstić information content (AvgIpc) is 3.13. The first-order chi connectivity index (χ1) is 8.81. The first kappa shape index (κ1) is 11.2. The van der Waals surface area contributed by atoms with Gasteiger partial charge in [-0.25, -0.2) is 0 Å². The quantitative estimate of drug-likeness (QED) is 0.557. The van der Waals surface area contributed by atoms with E-state index in [0.29, 0.717) is 24.2 Å². The Morgan fingerprint density at radius 3 is 2.67 bits per heavy atom. The van der Waals surface area contributed by atoms with Crippen molar-refractivity contribution in [1.29, 1.82) is 0 Å². The monoisotopic (exact) mass is 252 g/mol. The van der Waals surface area contributed by atoms with Crippen molar-refractivity contribution in [1.82, 2.24) is 0 Å². The van der Waals surface area contributed by atoms with Gasteiger partial charge in [-0.15, -0.1) is 0 Å². The molecule has 0 aromatic rings. The van der Waals surface area contributed by atoms with E-state index in [1.54, 1.807) is 0 Å². The van der Waals surface area contributed by atoms with Crippen molar-refractivity contribution < 1.29 is 19.0 Å². The summed E-state index contributed by atoms with van der Waals surface area (Å²) in [4.78, 5) is 12.1. The van der Waals surface area contributed by atoms with Gasteiger partial charge in [-0.05, 0) is 32.1 Å². The summed E-state index contributed by atoms with van der Waals surface area (Å²) < 4.78 is 16.7. The van der Waals surface area contributed by atoms with Crippen molar-refractivity contribution in [2.75, 3.05) is 0 Å². The third kappa shape index (κ3) is 1.86. The van der Waals surface area contributed by atoms with Crippen molar-refractivity contribution in [3.05, 3.63) is 0 Å². The Morgan fingerprint density at radius 2 is 1.83 bits per heavy atom. The molecular weight excluding hydrogens is 232 g/mol. The molecule has 4 rings (SSSR count). The van der Waals surface area contributed by atoms with Crippen LogP contribution in [-0.4, -0.2) is 30.6 Å². The summed E-state index contributed by atoms with van der Waals surface area (Å²) >= 11 is 0. The molecule has 0 aromatic carbocycles. The van der Waals surface area contributed by atoms with Crippen molar-refractivity contribution in [3.8, 4) is 0 Å². The molecule has 2 saturated heterocycles. The SMILES string of the molecule is O=C(OC1OC2CCCCC21)C1CCC2OC2C1. The largest absolute Gasteiger partial charge is 0.435 e. The van der Waals surface area contributed by atoms with Crippen LogP contribution in [0.25, 0.3) is 0 Å². The lowest BCUT2D eigenvalue weighted by Gasteiger charge is -2.46. The number of carbonyl (C=O) groups is 1. The van der Waals surface area contributed by atoms with Crippen LogP contribution < -0.4 is 0 Å². The van der Waals surface area contributed by atoms with Crippen LogP contribution in [0.15, 0.2) is 0 Å². The number of hydrogen-bond acceptors (Lipinski definition) is 4. The highest BCUT2D eigenvalue weighted by Gasteiger charge is 2.49. The molecule has 2 heterocycles. The zero-order valence-corrected chi connectivity index (χ0v) is 10.5. The molecule has 4 heteroatoms. The van der Waals surface area contributed by atoms with E-state index in [1.807, 2.05) is 0 Å². The van der Waals surface area contributed by atoms with Crippen LogP contribution >= 0.6 is 0 Å². The maximum Gasteiger partial charge on any atom is 0.311 e. The van der Waals surface area contributed by atoms with Crippen molar-refractivity contribution in [2.24, 2.45) is 11.8 Å². The summed E-state index contributed by atoms with van der Waals surface area (Å²) in [7, 11) is 0. The standard InChI is InChI=1S/C14H20O4/c15-13(8-5-6-11-12(7-8)16-11)18-14-9-3-1-2-4-10(9)17-14/h8-12,14H,1-7H2. The number of carbonyl (C=O) groups excluding carboxylic acids is 1. The fraction of sp³-hybridized carbons (Fsp3) is 0.929. The summed E-state index contributed by atoms with van der Waals surface area (Å²) in [5.41, 5.74) is 0. The van der Waals surface area contributed by atoms with Gasteiger partial charge in [0, 0.05) is 5.92 Å². The van der Waals surface area contributed by atoms with Gasteiger partial charge >= 0.3 is 5.97 Å². The Hall–Kier alpha value is -0.610. The van der Waals surface area contributed by atoms with E-state index in [-0.39, 0.29) is 18.2 Å². The molecule has 0 radical (unpaired) electrons. The molecule has 4 fully saturated rings. The number of rotatable bonds is 2. The van der Waals surface area contributed by atoms with E-state index in [9.17, 15) is 4.79 Å². The number of epoxide rings is 1. The van der Waals surface area contributed by atoms with Crippen LogP contribution in [0.1, 0.15) is 44.9 Å². The van der Waals surface area contributed by atoms with E-state index in [1.165, 1.54) is 12.8 Å². The van der Waals surface area contributed by atoms with Crippen LogP contribution in [0.2, 0.25) is 0 Å². The normalized spacial score (nSPS) is 49.6. The molecule has 2 saturated carbocycles. The maximum absolute atomic E-state index is 12.1. The molecule has 0 bridgehead atoms. The van der Waals surface area contributed by atoms with Gasteiger partial charge in [0.1, 0.15) is 0 Å². The molecule has 0 spiro atoms. The minimum absolute atomic E-state index is 0.0417. The Labute approximate surface area is 107 Å². The second kappa shape index (κ2) is 4.20. The molecular formula is C14H20O4. The van der Waals surface area contributed by atoms with Crippen LogP contribution in [0.3, 0.4) is 0 Å². The van der Waals surface area contributed by atoms with E-state index in [4.69, 9.17) is 14.2 Å². The van der Waals surface area contributed by atoms with Gasteiger partial charge in [-0.3, -0.25) is 4.79 Å². The van der Waals surface area contributed by atoms with Crippen molar-refractivity contribution >= 4 is 5.97 Å². The van der Waals surface area contributed by atoms with Gasteiger partial charge in [0.25, 0.3) is 0 Å². The summed E-state index contributed by atoms with van der Waals surface area (Å²) in [5, 5.41) is 0. The second-order valence-electron chi connectivity index (χ2n) is 6.15. The van der Waals surface area contributed by atoms with Crippen molar-refractivity contribution in [2.45, 2.75) is 69.5 Å². The van der Waals surface area contributed by atoms with Crippen LogP contribution in [0.5, 0.6) is 0 Å². The Bertz CT molecular complexity index is 356. The average molecular weight is 252 g/mol. The van der Waals surface area contributed by atoms with E-state index in [0.717, 1.165) is 32.1 Å². The second-order valence-corrected chi connectivity index (χ2v) is 6.15. The van der Waals surface area contributed by atoms with Gasteiger partial charge in [0.05, 0.1) is 24.2 Å². The Kier molecular flexibility index (Phi) is 2.62. The lowest BCUT2D eigenvalue weighted by molar-refractivity contribution is -0.300. The highest BCUT2D eigenvalue weighted by Crippen LogP contribution is 2.43. The van der Waals surface area contributed by atoms with Crippen LogP contribution in [0.4, 0.5) is 0 Å². The van der Waals surface area contributed by atoms with E-state index >= 15 is 0 Å². The highest BCUT2D eigenvalue weighted by molar-refractivity contribution is 5.73. The predicted octanol–water partition coefficient (Wildman–Crippen LogP) is 2.01. The minimum Gasteiger partial charge on any atom is -0.435 e. The molecule has 4 nitrogen and oxygen atoms in total.